The van der Waals surface area contributed by atoms with Crippen LogP contribution >= 0.6 is 0 Å². The Morgan fingerprint density at radius 2 is 2.25 bits per heavy atom. The van der Waals surface area contributed by atoms with Crippen LogP contribution in [0.2, 0.25) is 0 Å². The Kier molecular flexibility index (Phi) is 5.82. The van der Waals surface area contributed by atoms with Crippen LogP contribution in [0.3, 0.4) is 0 Å². The Labute approximate surface area is 114 Å². The summed E-state index contributed by atoms with van der Waals surface area (Å²) in [5, 5.41) is 14.1. The van der Waals surface area contributed by atoms with Crippen molar-refractivity contribution in [1.82, 2.24) is 0 Å². The number of rotatable bonds is 7. The fourth-order valence-electron chi connectivity index (χ4n) is 1.30. The zero-order valence-electron chi connectivity index (χ0n) is 10.6. The molecule has 0 radical (unpaired) electrons. The number of nitro benzene ring substituents is 1. The van der Waals surface area contributed by atoms with E-state index < -0.39 is 10.9 Å². The van der Waals surface area contributed by atoms with Gasteiger partial charge in [0.1, 0.15) is 0 Å². The largest absolute Gasteiger partial charge is 0.463 e. The number of carbonyl (C=O) groups is 2. The summed E-state index contributed by atoms with van der Waals surface area (Å²) in [7, 11) is 0. The van der Waals surface area contributed by atoms with Crippen molar-refractivity contribution >= 4 is 24.2 Å². The molecule has 8 nitrogen and oxygen atoms in total. The summed E-state index contributed by atoms with van der Waals surface area (Å²) in [5.74, 6) is -0.554. The van der Waals surface area contributed by atoms with Crippen LogP contribution in [-0.2, 0) is 14.4 Å². The summed E-state index contributed by atoms with van der Waals surface area (Å²) in [6.07, 6.45) is 1.62. The molecule has 0 aliphatic carbocycles. The van der Waals surface area contributed by atoms with E-state index in [2.05, 4.69) is 14.7 Å². The number of nitro groups is 1. The third-order valence-electron chi connectivity index (χ3n) is 2.14. The van der Waals surface area contributed by atoms with E-state index in [4.69, 9.17) is 0 Å². The van der Waals surface area contributed by atoms with Crippen LogP contribution < -0.4 is 0 Å². The van der Waals surface area contributed by atoms with Gasteiger partial charge in [0, 0.05) is 6.07 Å². The smallest absolute Gasteiger partial charge is 0.347 e. The summed E-state index contributed by atoms with van der Waals surface area (Å²) < 4.78 is 4.61. The number of aldehydes is 1. The second-order valence-electron chi connectivity index (χ2n) is 3.51. The highest BCUT2D eigenvalue weighted by molar-refractivity contribution is 5.87. The fourth-order valence-corrected chi connectivity index (χ4v) is 1.30. The number of benzene rings is 1. The van der Waals surface area contributed by atoms with Crippen LogP contribution in [0.25, 0.3) is 0 Å². The highest BCUT2D eigenvalue weighted by atomic mass is 16.7. The minimum atomic E-state index is -0.651. The normalized spacial score (nSPS) is 10.2. The van der Waals surface area contributed by atoms with Crippen LogP contribution in [0.4, 0.5) is 5.69 Å². The molecule has 0 bridgehead atoms. The average Bonchev–Trinajstić information content (AvgIpc) is 2.43. The van der Waals surface area contributed by atoms with Gasteiger partial charge in [-0.1, -0.05) is 5.16 Å². The predicted molar refractivity (Wildman–Crippen MR) is 68.7 cm³/mol. The van der Waals surface area contributed by atoms with Gasteiger partial charge in [-0.15, -0.1) is 0 Å². The molecule has 0 saturated heterocycles. The first-order valence-electron chi connectivity index (χ1n) is 5.63. The number of ether oxygens (including phenoxy) is 1. The minimum absolute atomic E-state index is 0.0654. The van der Waals surface area contributed by atoms with Crippen molar-refractivity contribution < 1.29 is 24.1 Å². The quantitative estimate of drug-likeness (QED) is 0.245. The van der Waals surface area contributed by atoms with Gasteiger partial charge in [-0.05, 0) is 24.6 Å². The van der Waals surface area contributed by atoms with E-state index in [1.54, 1.807) is 6.92 Å². The van der Waals surface area contributed by atoms with Crippen LogP contribution in [-0.4, -0.2) is 36.6 Å². The lowest BCUT2D eigenvalue weighted by Crippen LogP contribution is -2.10. The molecule has 1 rings (SSSR count). The molecule has 0 spiro atoms. The van der Waals surface area contributed by atoms with Crippen molar-refractivity contribution in [1.29, 1.82) is 0 Å². The fraction of sp³-hybridized carbons (Fsp3) is 0.250. The Morgan fingerprint density at radius 1 is 1.50 bits per heavy atom. The van der Waals surface area contributed by atoms with Gasteiger partial charge in [-0.3, -0.25) is 14.9 Å². The number of oxime groups is 1. The number of hydrogen-bond acceptors (Lipinski definition) is 7. The maximum atomic E-state index is 10.9. The highest BCUT2D eigenvalue weighted by Crippen LogP contribution is 2.17. The highest BCUT2D eigenvalue weighted by Gasteiger charge is 2.12. The standard InChI is InChI=1S/C12H12N2O6/c1-2-19-12(16)8-20-13-6-9-3-4-11(14(17)18)10(5-9)7-15/h3-7H,2,8H2,1H3/b13-6+. The third kappa shape index (κ3) is 4.48. The molecule has 0 aliphatic heterocycles. The molecule has 0 unspecified atom stereocenters. The van der Waals surface area contributed by atoms with Crippen LogP contribution in [0, 0.1) is 10.1 Å². The van der Waals surface area contributed by atoms with Crippen LogP contribution in [0.1, 0.15) is 22.8 Å². The van der Waals surface area contributed by atoms with Gasteiger partial charge in [0.05, 0.1) is 23.3 Å². The Balaban J connectivity index is 2.67. The molecule has 1 aromatic rings. The Hall–Kier alpha value is -2.77. The van der Waals surface area contributed by atoms with Crippen molar-refractivity contribution in [3.8, 4) is 0 Å². The number of esters is 1. The molecular formula is C12H12N2O6. The second kappa shape index (κ2) is 7.62. The van der Waals surface area contributed by atoms with Crippen molar-refractivity contribution in [2.24, 2.45) is 5.16 Å². The van der Waals surface area contributed by atoms with E-state index in [0.29, 0.717) is 11.8 Å². The molecule has 1 aromatic carbocycles. The predicted octanol–water partition coefficient (Wildman–Crippen LogP) is 1.32. The minimum Gasteiger partial charge on any atom is -0.463 e. The van der Waals surface area contributed by atoms with Gasteiger partial charge < -0.3 is 9.57 Å². The SMILES string of the molecule is CCOC(=O)CO/N=C/c1ccc([N+](=O)[O-])c(C=O)c1. The summed E-state index contributed by atoms with van der Waals surface area (Å²) >= 11 is 0. The van der Waals surface area contributed by atoms with E-state index in [9.17, 15) is 19.7 Å². The molecule has 0 atom stereocenters. The van der Waals surface area contributed by atoms with Crippen LogP contribution in [0.5, 0.6) is 0 Å². The van der Waals surface area contributed by atoms with Crippen molar-refractivity contribution in [3.63, 3.8) is 0 Å². The Bertz CT molecular complexity index is 541. The Morgan fingerprint density at radius 3 is 2.85 bits per heavy atom. The second-order valence-corrected chi connectivity index (χ2v) is 3.51. The molecule has 0 aromatic heterocycles. The van der Waals surface area contributed by atoms with Gasteiger partial charge in [0.25, 0.3) is 5.69 Å². The molecule has 8 heteroatoms. The molecule has 0 saturated carbocycles. The summed E-state index contributed by atoms with van der Waals surface area (Å²) in [5.41, 5.74) is 0.0792. The molecule has 0 amide bonds. The first-order valence-corrected chi connectivity index (χ1v) is 5.63. The van der Waals surface area contributed by atoms with Gasteiger partial charge in [0.2, 0.25) is 6.61 Å². The number of carbonyl (C=O) groups excluding carboxylic acids is 2. The summed E-state index contributed by atoms with van der Waals surface area (Å²) in [6.45, 7) is 1.58. The van der Waals surface area contributed by atoms with Gasteiger partial charge in [-0.2, -0.15) is 0 Å². The van der Waals surface area contributed by atoms with Gasteiger partial charge in [-0.25, -0.2) is 4.79 Å². The van der Waals surface area contributed by atoms with Crippen LogP contribution in [0.15, 0.2) is 23.4 Å². The lowest BCUT2D eigenvalue weighted by molar-refractivity contribution is -0.385. The van der Waals surface area contributed by atoms with E-state index in [1.165, 1.54) is 24.4 Å². The number of hydrogen-bond donors (Lipinski definition) is 0. The zero-order chi connectivity index (χ0) is 15.0. The topological polar surface area (TPSA) is 108 Å². The van der Waals surface area contributed by atoms with E-state index in [0.717, 1.165) is 0 Å². The van der Waals surface area contributed by atoms with Gasteiger partial charge in [0.15, 0.2) is 6.29 Å². The molecule has 106 valence electrons. The average molecular weight is 280 g/mol. The lowest BCUT2D eigenvalue weighted by atomic mass is 10.1. The molecule has 0 N–H and O–H groups in total. The van der Waals surface area contributed by atoms with Crippen molar-refractivity contribution in [2.75, 3.05) is 13.2 Å². The molecule has 20 heavy (non-hydrogen) atoms. The maximum Gasteiger partial charge on any atom is 0.347 e. The monoisotopic (exact) mass is 280 g/mol. The van der Waals surface area contributed by atoms with Crippen molar-refractivity contribution in [3.05, 3.63) is 39.4 Å². The third-order valence-corrected chi connectivity index (χ3v) is 2.14. The lowest BCUT2D eigenvalue weighted by Gasteiger charge is -2.00. The summed E-state index contributed by atoms with van der Waals surface area (Å²) in [4.78, 5) is 36.3. The van der Waals surface area contributed by atoms with E-state index >= 15 is 0 Å². The molecular weight excluding hydrogens is 268 g/mol. The number of nitrogens with zero attached hydrogens (tertiary/aromatic N) is 2. The first kappa shape index (κ1) is 15.3. The molecule has 0 fully saturated rings. The van der Waals surface area contributed by atoms with Gasteiger partial charge >= 0.3 is 5.97 Å². The van der Waals surface area contributed by atoms with E-state index in [1.807, 2.05) is 0 Å². The molecule has 0 heterocycles. The first-order chi connectivity index (χ1) is 9.58. The summed E-state index contributed by atoms with van der Waals surface area (Å²) in [6, 6.07) is 3.89. The maximum absolute atomic E-state index is 10.9. The van der Waals surface area contributed by atoms with E-state index in [-0.39, 0.29) is 24.5 Å². The van der Waals surface area contributed by atoms with Crippen molar-refractivity contribution in [2.45, 2.75) is 6.92 Å². The zero-order valence-corrected chi connectivity index (χ0v) is 10.6. The molecule has 0 aliphatic rings.